The average Bonchev–Trinajstić information content (AvgIpc) is 2.29. The van der Waals surface area contributed by atoms with Gasteiger partial charge in [-0.1, -0.05) is 5.92 Å². The summed E-state index contributed by atoms with van der Waals surface area (Å²) in [5, 5.41) is 2.90. The lowest BCUT2D eigenvalue weighted by atomic mass is 10.1. The molecule has 0 aromatic rings. The minimum absolute atomic E-state index is 0.104. The maximum Gasteiger partial charge on any atom is 0.236 e. The maximum atomic E-state index is 11.7. The number of piperidine rings is 1. The Morgan fingerprint density at radius 3 is 3.20 bits per heavy atom. The van der Waals surface area contributed by atoms with Gasteiger partial charge in [-0.25, -0.2) is 0 Å². The van der Waals surface area contributed by atoms with E-state index < -0.39 is 0 Å². The van der Waals surface area contributed by atoms with E-state index >= 15 is 0 Å². The summed E-state index contributed by atoms with van der Waals surface area (Å²) in [4.78, 5) is 13.5. The van der Waals surface area contributed by atoms with Crippen molar-refractivity contribution in [1.82, 2.24) is 10.2 Å². The molecule has 1 aliphatic rings. The third-order valence-electron chi connectivity index (χ3n) is 2.57. The number of carbonyl (C=O) groups is 1. The van der Waals surface area contributed by atoms with Crippen LogP contribution in [0.1, 0.15) is 12.8 Å². The minimum atomic E-state index is 0.104. The molecular weight excluding hydrogens is 192 g/mol. The molecule has 0 saturated carbocycles. The number of hydrogen-bond donors (Lipinski definition) is 1. The Labute approximate surface area is 91.0 Å². The van der Waals surface area contributed by atoms with Crippen LogP contribution in [0.25, 0.3) is 0 Å². The van der Waals surface area contributed by atoms with Gasteiger partial charge >= 0.3 is 0 Å². The molecule has 1 fully saturated rings. The summed E-state index contributed by atoms with van der Waals surface area (Å²) in [5.41, 5.74) is 0. The number of methoxy groups -OCH3 is 1. The number of hydrogen-bond acceptors (Lipinski definition) is 3. The Morgan fingerprint density at radius 1 is 1.73 bits per heavy atom. The standard InChI is InChI=1S/C11H18N2O2/c1-3-6-12-8-11(14)13-7-4-5-10(9-13)15-2/h1,10,12H,4-9H2,2H3. The van der Waals surface area contributed by atoms with Gasteiger partial charge in [0.1, 0.15) is 0 Å². The van der Waals surface area contributed by atoms with Gasteiger partial charge in [0.2, 0.25) is 5.91 Å². The van der Waals surface area contributed by atoms with Crippen molar-refractivity contribution in [1.29, 1.82) is 0 Å². The Bertz CT molecular complexity index is 247. The van der Waals surface area contributed by atoms with Crippen LogP contribution in [-0.4, -0.2) is 50.2 Å². The van der Waals surface area contributed by atoms with Gasteiger partial charge in [-0.2, -0.15) is 0 Å². The zero-order valence-electron chi connectivity index (χ0n) is 9.16. The van der Waals surface area contributed by atoms with Gasteiger partial charge in [-0.05, 0) is 12.8 Å². The van der Waals surface area contributed by atoms with E-state index in [0.29, 0.717) is 19.6 Å². The number of likely N-dealkylation sites (tertiary alicyclic amines) is 1. The van der Waals surface area contributed by atoms with Crippen molar-refractivity contribution in [2.45, 2.75) is 18.9 Å². The SMILES string of the molecule is C#CCNCC(=O)N1CCCC(OC)C1. The highest BCUT2D eigenvalue weighted by Crippen LogP contribution is 2.12. The maximum absolute atomic E-state index is 11.7. The van der Waals surface area contributed by atoms with Crippen molar-refractivity contribution < 1.29 is 9.53 Å². The highest BCUT2D eigenvalue weighted by molar-refractivity contribution is 5.78. The molecule has 1 atom stereocenters. The zero-order valence-corrected chi connectivity index (χ0v) is 9.16. The van der Waals surface area contributed by atoms with Crippen LogP contribution < -0.4 is 5.32 Å². The first-order valence-electron chi connectivity index (χ1n) is 5.22. The number of nitrogens with zero attached hydrogens (tertiary/aromatic N) is 1. The molecule has 4 heteroatoms. The van der Waals surface area contributed by atoms with Gasteiger partial charge in [0.05, 0.1) is 19.2 Å². The molecule has 0 aliphatic carbocycles. The predicted octanol–water partition coefficient (Wildman–Crippen LogP) is -0.153. The molecule has 0 aromatic carbocycles. The summed E-state index contributed by atoms with van der Waals surface area (Å²) < 4.78 is 5.25. The highest BCUT2D eigenvalue weighted by Gasteiger charge is 2.22. The van der Waals surface area contributed by atoms with Gasteiger partial charge in [0.25, 0.3) is 0 Å². The lowest BCUT2D eigenvalue weighted by Gasteiger charge is -2.31. The molecule has 1 N–H and O–H groups in total. The average molecular weight is 210 g/mol. The van der Waals surface area contributed by atoms with Crippen molar-refractivity contribution in [3.63, 3.8) is 0 Å². The van der Waals surface area contributed by atoms with E-state index in [0.717, 1.165) is 19.4 Å². The topological polar surface area (TPSA) is 41.6 Å². The van der Waals surface area contributed by atoms with Gasteiger partial charge in [0.15, 0.2) is 0 Å². The van der Waals surface area contributed by atoms with Crippen LogP contribution in [0, 0.1) is 12.3 Å². The fourth-order valence-electron chi connectivity index (χ4n) is 1.71. The molecule has 1 amide bonds. The Kier molecular flexibility index (Phi) is 5.16. The van der Waals surface area contributed by atoms with Gasteiger partial charge < -0.3 is 9.64 Å². The molecule has 1 aliphatic heterocycles. The second-order valence-electron chi connectivity index (χ2n) is 3.65. The van der Waals surface area contributed by atoms with E-state index in [1.165, 1.54) is 0 Å². The Balaban J connectivity index is 2.29. The van der Waals surface area contributed by atoms with Gasteiger partial charge in [0, 0.05) is 20.2 Å². The van der Waals surface area contributed by atoms with E-state index in [9.17, 15) is 4.79 Å². The first kappa shape index (κ1) is 12.0. The molecule has 0 radical (unpaired) electrons. The van der Waals surface area contributed by atoms with Crippen LogP contribution in [0.3, 0.4) is 0 Å². The van der Waals surface area contributed by atoms with Crippen LogP contribution in [-0.2, 0) is 9.53 Å². The van der Waals surface area contributed by atoms with Crippen LogP contribution in [0.15, 0.2) is 0 Å². The lowest BCUT2D eigenvalue weighted by molar-refractivity contribution is -0.133. The fourth-order valence-corrected chi connectivity index (χ4v) is 1.71. The summed E-state index contributed by atoms with van der Waals surface area (Å²) in [6.07, 6.45) is 7.32. The monoisotopic (exact) mass is 210 g/mol. The van der Waals surface area contributed by atoms with E-state index in [2.05, 4.69) is 11.2 Å². The second-order valence-corrected chi connectivity index (χ2v) is 3.65. The number of terminal acetylenes is 1. The van der Waals surface area contributed by atoms with Crippen LogP contribution >= 0.6 is 0 Å². The van der Waals surface area contributed by atoms with E-state index in [4.69, 9.17) is 11.2 Å². The molecule has 0 aromatic heterocycles. The summed E-state index contributed by atoms with van der Waals surface area (Å²) in [6.45, 7) is 2.29. The smallest absolute Gasteiger partial charge is 0.236 e. The quantitative estimate of drug-likeness (QED) is 0.518. The minimum Gasteiger partial charge on any atom is -0.380 e. The number of amides is 1. The van der Waals surface area contributed by atoms with E-state index in [1.54, 1.807) is 7.11 Å². The third kappa shape index (κ3) is 3.90. The summed E-state index contributed by atoms with van der Waals surface area (Å²) in [5.74, 6) is 2.54. The normalized spacial score (nSPS) is 21.1. The first-order valence-corrected chi connectivity index (χ1v) is 5.22. The molecule has 84 valence electrons. The molecule has 1 unspecified atom stereocenters. The molecule has 1 saturated heterocycles. The van der Waals surface area contributed by atoms with Crippen molar-refractivity contribution in [3.8, 4) is 12.3 Å². The number of nitrogens with one attached hydrogen (secondary N) is 1. The zero-order chi connectivity index (χ0) is 11.1. The molecule has 1 rings (SSSR count). The van der Waals surface area contributed by atoms with Crippen LogP contribution in [0.2, 0.25) is 0 Å². The number of rotatable bonds is 4. The van der Waals surface area contributed by atoms with Crippen LogP contribution in [0.4, 0.5) is 0 Å². The molecule has 0 spiro atoms. The largest absolute Gasteiger partial charge is 0.380 e. The van der Waals surface area contributed by atoms with E-state index in [1.807, 2.05) is 4.90 Å². The van der Waals surface area contributed by atoms with Crippen LogP contribution in [0.5, 0.6) is 0 Å². The second kappa shape index (κ2) is 6.44. The van der Waals surface area contributed by atoms with Crippen molar-refractivity contribution in [2.75, 3.05) is 33.3 Å². The van der Waals surface area contributed by atoms with Gasteiger partial charge in [-0.15, -0.1) is 6.42 Å². The summed E-state index contributed by atoms with van der Waals surface area (Å²) in [7, 11) is 1.69. The summed E-state index contributed by atoms with van der Waals surface area (Å²) in [6, 6.07) is 0. The first-order chi connectivity index (χ1) is 7.27. The van der Waals surface area contributed by atoms with Crippen molar-refractivity contribution in [2.24, 2.45) is 0 Å². The Morgan fingerprint density at radius 2 is 2.53 bits per heavy atom. The summed E-state index contributed by atoms with van der Waals surface area (Å²) >= 11 is 0. The molecule has 1 heterocycles. The highest BCUT2D eigenvalue weighted by atomic mass is 16.5. The van der Waals surface area contributed by atoms with Crippen molar-refractivity contribution >= 4 is 5.91 Å². The predicted molar refractivity (Wildman–Crippen MR) is 58.3 cm³/mol. The number of ether oxygens (including phenoxy) is 1. The molecule has 0 bridgehead atoms. The third-order valence-corrected chi connectivity index (χ3v) is 2.57. The Hall–Kier alpha value is -1.05. The molecular formula is C11H18N2O2. The molecule has 15 heavy (non-hydrogen) atoms. The van der Waals surface area contributed by atoms with Gasteiger partial charge in [-0.3, -0.25) is 10.1 Å². The molecule has 4 nitrogen and oxygen atoms in total. The lowest BCUT2D eigenvalue weighted by Crippen LogP contribution is -2.46. The fraction of sp³-hybridized carbons (Fsp3) is 0.727. The van der Waals surface area contributed by atoms with E-state index in [-0.39, 0.29) is 12.0 Å². The number of carbonyl (C=O) groups excluding carboxylic acids is 1. The van der Waals surface area contributed by atoms with Crippen molar-refractivity contribution in [3.05, 3.63) is 0 Å².